The fraction of sp³-hybridized carbons (Fsp3) is 0. The Morgan fingerprint density at radius 3 is 2.50 bits per heavy atom. The maximum Gasteiger partial charge on any atom is 0.336 e. The van der Waals surface area contributed by atoms with Gasteiger partial charge in [0.05, 0.1) is 17.2 Å². The molecule has 0 spiro atoms. The van der Waals surface area contributed by atoms with Crippen LogP contribution in [0.2, 0.25) is 0 Å². The van der Waals surface area contributed by atoms with Gasteiger partial charge in [0.1, 0.15) is 0 Å². The molecule has 1 aromatic heterocycles. The van der Waals surface area contributed by atoms with E-state index in [1.165, 1.54) is 11.3 Å². The van der Waals surface area contributed by atoms with Crippen molar-refractivity contribution in [3.05, 3.63) is 57.8 Å². The summed E-state index contributed by atoms with van der Waals surface area (Å²) in [5.74, 6) is -0.979. The summed E-state index contributed by atoms with van der Waals surface area (Å²) in [7, 11) is 0. The number of carboxylic acid groups (broad SMARTS) is 1. The zero-order chi connectivity index (χ0) is 13.0. The van der Waals surface area contributed by atoms with Crippen molar-refractivity contribution in [2.75, 3.05) is 0 Å². The Morgan fingerprint density at radius 2 is 2.00 bits per heavy atom. The van der Waals surface area contributed by atoms with Gasteiger partial charge < -0.3 is 5.11 Å². The number of nitrogens with zero attached hydrogens (tertiary/aromatic N) is 1. The maximum atomic E-state index is 11.3. The first-order valence-corrected chi connectivity index (χ1v) is 6.07. The summed E-state index contributed by atoms with van der Waals surface area (Å²) in [5, 5.41) is 19.8. The third-order valence-electron chi connectivity index (χ3n) is 2.39. The number of carboxylic acids is 1. The van der Waals surface area contributed by atoms with Gasteiger partial charge >= 0.3 is 5.97 Å². The van der Waals surface area contributed by atoms with Crippen molar-refractivity contribution in [1.82, 2.24) is 0 Å². The van der Waals surface area contributed by atoms with Gasteiger partial charge in [-0.25, -0.2) is 4.79 Å². The molecular formula is C14H9NO2S. The van der Waals surface area contributed by atoms with Crippen LogP contribution in [0, 0.1) is 11.3 Å². The predicted octanol–water partition coefficient (Wildman–Crippen LogP) is 3.24. The molecule has 0 saturated carbocycles. The van der Waals surface area contributed by atoms with E-state index in [-0.39, 0.29) is 5.57 Å². The Kier molecular flexibility index (Phi) is 3.56. The molecule has 0 fully saturated rings. The highest BCUT2D eigenvalue weighted by molar-refractivity contribution is 7.10. The summed E-state index contributed by atoms with van der Waals surface area (Å²) in [5.41, 5.74) is 1.33. The van der Waals surface area contributed by atoms with Crippen LogP contribution >= 0.6 is 11.3 Å². The lowest BCUT2D eigenvalue weighted by atomic mass is 10.0. The SMILES string of the molecule is N#Cc1ccc(/C(=C/c2cccs2)C(=O)O)cc1. The summed E-state index contributed by atoms with van der Waals surface area (Å²) in [6, 6.07) is 12.2. The minimum absolute atomic E-state index is 0.224. The molecule has 0 bridgehead atoms. The van der Waals surface area contributed by atoms with Gasteiger partial charge in [-0.15, -0.1) is 11.3 Å². The number of hydrogen-bond donors (Lipinski definition) is 1. The zero-order valence-corrected chi connectivity index (χ0v) is 10.1. The molecule has 0 atom stereocenters. The minimum atomic E-state index is -0.979. The molecule has 1 aromatic carbocycles. The van der Waals surface area contributed by atoms with E-state index in [4.69, 9.17) is 5.26 Å². The fourth-order valence-corrected chi connectivity index (χ4v) is 2.17. The van der Waals surface area contributed by atoms with Crippen molar-refractivity contribution in [3.63, 3.8) is 0 Å². The first-order valence-electron chi connectivity index (χ1n) is 5.20. The number of aliphatic carboxylic acids is 1. The van der Waals surface area contributed by atoms with Crippen LogP contribution in [0.25, 0.3) is 11.6 Å². The second kappa shape index (κ2) is 5.30. The first-order chi connectivity index (χ1) is 8.70. The van der Waals surface area contributed by atoms with Crippen LogP contribution < -0.4 is 0 Å². The summed E-state index contributed by atoms with van der Waals surface area (Å²) in [4.78, 5) is 12.1. The largest absolute Gasteiger partial charge is 0.478 e. The maximum absolute atomic E-state index is 11.3. The van der Waals surface area contributed by atoms with E-state index < -0.39 is 5.97 Å². The van der Waals surface area contributed by atoms with Crippen LogP contribution in [0.4, 0.5) is 0 Å². The van der Waals surface area contributed by atoms with Crippen LogP contribution in [-0.4, -0.2) is 11.1 Å². The number of benzene rings is 1. The topological polar surface area (TPSA) is 61.1 Å². The van der Waals surface area contributed by atoms with Crippen LogP contribution in [0.3, 0.4) is 0 Å². The molecule has 0 unspecified atom stereocenters. The third-order valence-corrected chi connectivity index (χ3v) is 3.20. The van der Waals surface area contributed by atoms with E-state index in [9.17, 15) is 9.90 Å². The van der Waals surface area contributed by atoms with Crippen molar-refractivity contribution in [2.24, 2.45) is 0 Å². The Bertz CT molecular complexity index is 619. The Labute approximate surface area is 108 Å². The van der Waals surface area contributed by atoms with Crippen LogP contribution in [0.15, 0.2) is 41.8 Å². The van der Waals surface area contributed by atoms with Gasteiger partial charge in [-0.2, -0.15) is 5.26 Å². The smallest absolute Gasteiger partial charge is 0.336 e. The van der Waals surface area contributed by atoms with Crippen molar-refractivity contribution >= 4 is 29.0 Å². The number of carbonyl (C=O) groups is 1. The van der Waals surface area contributed by atoms with Crippen molar-refractivity contribution in [3.8, 4) is 6.07 Å². The molecule has 0 aliphatic carbocycles. The van der Waals surface area contributed by atoms with Gasteiger partial charge in [-0.3, -0.25) is 0 Å². The van der Waals surface area contributed by atoms with E-state index in [2.05, 4.69) is 0 Å². The van der Waals surface area contributed by atoms with E-state index in [1.54, 1.807) is 30.3 Å². The summed E-state index contributed by atoms with van der Waals surface area (Å²) >= 11 is 1.48. The van der Waals surface area contributed by atoms with E-state index in [1.807, 2.05) is 23.6 Å². The summed E-state index contributed by atoms with van der Waals surface area (Å²) < 4.78 is 0. The quantitative estimate of drug-likeness (QED) is 0.856. The molecule has 0 saturated heterocycles. The lowest BCUT2D eigenvalue weighted by molar-refractivity contribution is -0.130. The standard InChI is InChI=1S/C14H9NO2S/c15-9-10-3-5-11(6-4-10)13(14(16)17)8-12-2-1-7-18-12/h1-8H,(H,16,17)/b13-8-. The molecule has 0 aliphatic rings. The Hall–Kier alpha value is -2.38. The molecule has 88 valence electrons. The zero-order valence-electron chi connectivity index (χ0n) is 9.33. The minimum Gasteiger partial charge on any atom is -0.478 e. The molecule has 0 aliphatic heterocycles. The predicted molar refractivity (Wildman–Crippen MR) is 71.0 cm³/mol. The molecule has 3 nitrogen and oxygen atoms in total. The molecule has 18 heavy (non-hydrogen) atoms. The van der Waals surface area contributed by atoms with Gasteiger partial charge in [0.25, 0.3) is 0 Å². The Morgan fingerprint density at radius 1 is 1.28 bits per heavy atom. The molecule has 2 aromatic rings. The number of hydrogen-bond acceptors (Lipinski definition) is 3. The molecule has 0 radical (unpaired) electrons. The molecular weight excluding hydrogens is 246 g/mol. The van der Waals surface area contributed by atoms with Crippen molar-refractivity contribution in [2.45, 2.75) is 0 Å². The van der Waals surface area contributed by atoms with Gasteiger partial charge in [-0.05, 0) is 35.2 Å². The average Bonchev–Trinajstić information content (AvgIpc) is 2.89. The molecule has 2 rings (SSSR count). The highest BCUT2D eigenvalue weighted by Crippen LogP contribution is 2.21. The first kappa shape index (κ1) is 12.1. The summed E-state index contributed by atoms with van der Waals surface area (Å²) in [6.45, 7) is 0. The van der Waals surface area contributed by atoms with Crippen molar-refractivity contribution < 1.29 is 9.90 Å². The monoisotopic (exact) mass is 255 g/mol. The van der Waals surface area contributed by atoms with Crippen LogP contribution in [0.5, 0.6) is 0 Å². The second-order valence-electron chi connectivity index (χ2n) is 3.57. The molecule has 1 heterocycles. The Balaban J connectivity index is 2.42. The van der Waals surface area contributed by atoms with Crippen LogP contribution in [-0.2, 0) is 4.79 Å². The number of rotatable bonds is 3. The summed E-state index contributed by atoms with van der Waals surface area (Å²) in [6.07, 6.45) is 1.63. The van der Waals surface area contributed by atoms with Gasteiger partial charge in [0, 0.05) is 4.88 Å². The van der Waals surface area contributed by atoms with Crippen LogP contribution in [0.1, 0.15) is 16.0 Å². The van der Waals surface area contributed by atoms with Gasteiger partial charge in [-0.1, -0.05) is 18.2 Å². The van der Waals surface area contributed by atoms with E-state index in [0.29, 0.717) is 11.1 Å². The molecule has 1 N–H and O–H groups in total. The fourth-order valence-electron chi connectivity index (χ4n) is 1.51. The molecule has 0 amide bonds. The highest BCUT2D eigenvalue weighted by Gasteiger charge is 2.10. The number of thiophene rings is 1. The van der Waals surface area contributed by atoms with E-state index >= 15 is 0 Å². The average molecular weight is 255 g/mol. The second-order valence-corrected chi connectivity index (χ2v) is 4.55. The van der Waals surface area contributed by atoms with Gasteiger partial charge in [0.15, 0.2) is 0 Å². The van der Waals surface area contributed by atoms with E-state index in [0.717, 1.165) is 4.88 Å². The molecule has 4 heteroatoms. The highest BCUT2D eigenvalue weighted by atomic mass is 32.1. The normalized spacial score (nSPS) is 10.9. The van der Waals surface area contributed by atoms with Crippen molar-refractivity contribution in [1.29, 1.82) is 5.26 Å². The lowest BCUT2D eigenvalue weighted by Crippen LogP contribution is -1.99. The number of nitriles is 1. The van der Waals surface area contributed by atoms with Gasteiger partial charge in [0.2, 0.25) is 0 Å². The lowest BCUT2D eigenvalue weighted by Gasteiger charge is -2.02. The third kappa shape index (κ3) is 2.65.